The lowest BCUT2D eigenvalue weighted by molar-refractivity contribution is 1.18. The van der Waals surface area contributed by atoms with Gasteiger partial charge in [-0.3, -0.25) is 0 Å². The lowest BCUT2D eigenvalue weighted by Gasteiger charge is -2.08. The number of fused-ring (bicyclic) bond motifs is 8. The highest BCUT2D eigenvalue weighted by Crippen LogP contribution is 2.41. The Morgan fingerprint density at radius 2 is 1.43 bits per heavy atom. The zero-order valence-corrected chi connectivity index (χ0v) is 16.6. The summed E-state index contributed by atoms with van der Waals surface area (Å²) >= 11 is 1.78. The highest BCUT2D eigenvalue weighted by Gasteiger charge is 2.15. The number of hydrogen-bond acceptors (Lipinski definition) is 1. The molecule has 140 valence electrons. The fourth-order valence-corrected chi connectivity index (χ4v) is 5.73. The van der Waals surface area contributed by atoms with Crippen LogP contribution in [0.2, 0.25) is 0 Å². The molecule has 0 radical (unpaired) electrons. The van der Waals surface area contributed by atoms with Crippen molar-refractivity contribution in [1.29, 1.82) is 0 Å². The van der Waals surface area contributed by atoms with Gasteiger partial charge in [-0.2, -0.15) is 0 Å². The summed E-state index contributed by atoms with van der Waals surface area (Å²) in [5, 5.41) is 6.62. The second-order valence-electron chi connectivity index (χ2n) is 7.45. The first kappa shape index (κ1) is 12.2. The minimum Gasteiger partial charge on any atom is -0.309 e. The predicted octanol–water partition coefficient (Wildman–Crippen LogP) is 8.30. The van der Waals surface area contributed by atoms with Crippen LogP contribution in [0.25, 0.3) is 58.4 Å². The molecule has 0 unspecified atom stereocenters. The smallest absolute Gasteiger partial charge is 0.0645 e. The van der Waals surface area contributed by atoms with E-state index in [4.69, 9.17) is 6.85 Å². The van der Waals surface area contributed by atoms with Crippen molar-refractivity contribution in [2.75, 3.05) is 0 Å². The molecule has 0 atom stereocenters. The van der Waals surface area contributed by atoms with Gasteiger partial charge in [-0.15, -0.1) is 11.3 Å². The molecule has 0 bridgehead atoms. The van der Waals surface area contributed by atoms with E-state index in [1.165, 1.54) is 20.2 Å². The zero-order chi connectivity index (χ0) is 24.0. The van der Waals surface area contributed by atoms with E-state index < -0.39 is 0 Å². The fraction of sp³-hybridized carbons (Fsp3) is 0. The van der Waals surface area contributed by atoms with Crippen LogP contribution in [0, 0.1) is 0 Å². The van der Waals surface area contributed by atoms with Crippen LogP contribution in [0.15, 0.2) is 103 Å². The standard InChI is InChI=1S/C28H17NS/c1-2-8-19(9-3-1)29-24-12-6-4-10-20(24)23-17-22-18(16-25(23)29)14-15-27-28(22)21-11-5-7-13-26(21)30-27/h1-17H/i1D,2D,3D,8D,9D. The average molecular weight is 405 g/mol. The molecule has 0 aliphatic carbocycles. The molecular weight excluding hydrogens is 382 g/mol. The number of thiophene rings is 1. The van der Waals surface area contributed by atoms with Crippen molar-refractivity contribution in [3.63, 3.8) is 0 Å². The van der Waals surface area contributed by atoms with Crippen molar-refractivity contribution < 1.29 is 6.85 Å². The molecule has 0 saturated heterocycles. The summed E-state index contributed by atoms with van der Waals surface area (Å²) in [6.07, 6.45) is 0. The second kappa shape index (κ2) is 5.94. The Bertz CT molecular complexity index is 1990. The van der Waals surface area contributed by atoms with E-state index >= 15 is 0 Å². The fourth-order valence-electron chi connectivity index (χ4n) is 4.61. The Morgan fingerprint density at radius 1 is 0.633 bits per heavy atom. The summed E-state index contributed by atoms with van der Waals surface area (Å²) in [7, 11) is 0. The van der Waals surface area contributed by atoms with Gasteiger partial charge < -0.3 is 4.57 Å². The molecule has 30 heavy (non-hydrogen) atoms. The molecule has 1 nitrogen and oxygen atoms in total. The van der Waals surface area contributed by atoms with Crippen molar-refractivity contribution in [2.24, 2.45) is 0 Å². The van der Waals surface area contributed by atoms with Crippen molar-refractivity contribution in [3.8, 4) is 5.69 Å². The SMILES string of the molecule is [2H]c1c([2H])c([2H])c(-n2c3ccccc3c3cc4c(ccc5sc6ccccc6c54)cc32)c([2H])c1[2H]. The maximum absolute atomic E-state index is 8.61. The molecule has 0 saturated carbocycles. The molecule has 0 N–H and O–H groups in total. The van der Waals surface area contributed by atoms with Crippen molar-refractivity contribution in [3.05, 3.63) is 103 Å². The number of nitrogens with zero attached hydrogens (tertiary/aromatic N) is 1. The van der Waals surface area contributed by atoms with Gasteiger partial charge in [0.05, 0.1) is 17.9 Å². The summed E-state index contributed by atoms with van der Waals surface area (Å²) in [6.45, 7) is 0. The van der Waals surface area contributed by atoms with Gasteiger partial charge in [0.15, 0.2) is 0 Å². The van der Waals surface area contributed by atoms with Gasteiger partial charge in [0.2, 0.25) is 0 Å². The van der Waals surface area contributed by atoms with Crippen molar-refractivity contribution >= 4 is 64.1 Å². The first-order valence-corrected chi connectivity index (χ1v) is 10.6. The molecule has 0 aliphatic heterocycles. The predicted molar refractivity (Wildman–Crippen MR) is 131 cm³/mol. The van der Waals surface area contributed by atoms with E-state index in [0.29, 0.717) is 0 Å². The van der Waals surface area contributed by atoms with E-state index in [0.717, 1.165) is 32.6 Å². The average Bonchev–Trinajstić information content (AvgIpc) is 3.41. The highest BCUT2D eigenvalue weighted by atomic mass is 32.1. The second-order valence-corrected chi connectivity index (χ2v) is 8.54. The van der Waals surface area contributed by atoms with Crippen LogP contribution in [-0.4, -0.2) is 4.57 Å². The summed E-state index contributed by atoms with van der Waals surface area (Å²) in [5.41, 5.74) is 1.79. The summed E-state index contributed by atoms with van der Waals surface area (Å²) in [6, 6.07) is 23.3. The Hall–Kier alpha value is -3.62. The van der Waals surface area contributed by atoms with Gasteiger partial charge in [-0.05, 0) is 53.2 Å². The molecule has 7 rings (SSSR count). The van der Waals surface area contributed by atoms with E-state index in [-0.39, 0.29) is 35.9 Å². The van der Waals surface area contributed by atoms with Gasteiger partial charge >= 0.3 is 0 Å². The number of para-hydroxylation sites is 2. The quantitative estimate of drug-likeness (QED) is 0.259. The van der Waals surface area contributed by atoms with Crippen LogP contribution in [0.4, 0.5) is 0 Å². The molecule has 2 heteroatoms. The Kier molecular flexibility index (Phi) is 2.41. The molecule has 7 aromatic rings. The lowest BCUT2D eigenvalue weighted by atomic mass is 10.0. The summed E-state index contributed by atoms with van der Waals surface area (Å²) in [5.74, 6) is 0. The molecule has 2 heterocycles. The van der Waals surface area contributed by atoms with Gasteiger partial charge in [-0.25, -0.2) is 0 Å². The third kappa shape index (κ3) is 2.11. The van der Waals surface area contributed by atoms with Gasteiger partial charge in [0.1, 0.15) is 0 Å². The molecule has 0 aliphatic rings. The van der Waals surface area contributed by atoms with Gasteiger partial charge in [0, 0.05) is 36.6 Å². The van der Waals surface area contributed by atoms with Gasteiger partial charge in [-0.1, -0.05) is 60.6 Å². The van der Waals surface area contributed by atoms with Crippen molar-refractivity contribution in [1.82, 2.24) is 4.57 Å². The minimum absolute atomic E-state index is 0.170. The van der Waals surface area contributed by atoms with Crippen LogP contribution in [0.3, 0.4) is 0 Å². The normalized spacial score (nSPS) is 14.3. The lowest BCUT2D eigenvalue weighted by Crippen LogP contribution is -1.92. The monoisotopic (exact) mass is 404 g/mol. The Balaban J connectivity index is 1.70. The number of rotatable bonds is 1. The largest absolute Gasteiger partial charge is 0.309 e. The summed E-state index contributed by atoms with van der Waals surface area (Å²) < 4.78 is 46.0. The number of aromatic nitrogens is 1. The topological polar surface area (TPSA) is 4.93 Å². The maximum atomic E-state index is 8.61. The molecule has 0 fully saturated rings. The minimum atomic E-state index is -0.387. The molecule has 2 aromatic heterocycles. The zero-order valence-electron chi connectivity index (χ0n) is 20.8. The van der Waals surface area contributed by atoms with E-state index in [1.807, 2.05) is 28.8 Å². The van der Waals surface area contributed by atoms with E-state index in [2.05, 4.69) is 48.5 Å². The molecule has 5 aromatic carbocycles. The third-order valence-corrected chi connectivity index (χ3v) is 7.00. The van der Waals surface area contributed by atoms with Crippen LogP contribution in [0.5, 0.6) is 0 Å². The maximum Gasteiger partial charge on any atom is 0.0645 e. The third-order valence-electron chi connectivity index (χ3n) is 5.86. The first-order valence-electron chi connectivity index (χ1n) is 12.3. The van der Waals surface area contributed by atoms with E-state index in [1.54, 1.807) is 11.3 Å². The number of benzene rings is 5. The first-order chi connectivity index (χ1) is 17.0. The number of hydrogen-bond donors (Lipinski definition) is 0. The van der Waals surface area contributed by atoms with Crippen molar-refractivity contribution in [2.45, 2.75) is 0 Å². The molecule has 0 amide bonds. The molecular formula is C28H17NS. The van der Waals surface area contributed by atoms with Crippen LogP contribution in [-0.2, 0) is 0 Å². The van der Waals surface area contributed by atoms with Gasteiger partial charge in [0.25, 0.3) is 0 Å². The Labute approximate surface area is 184 Å². The van der Waals surface area contributed by atoms with Crippen LogP contribution < -0.4 is 0 Å². The van der Waals surface area contributed by atoms with Crippen LogP contribution >= 0.6 is 11.3 Å². The van der Waals surface area contributed by atoms with E-state index in [9.17, 15) is 0 Å². The Morgan fingerprint density at radius 3 is 2.33 bits per heavy atom. The van der Waals surface area contributed by atoms with Crippen LogP contribution in [0.1, 0.15) is 6.85 Å². The molecule has 0 spiro atoms. The highest BCUT2D eigenvalue weighted by molar-refractivity contribution is 7.26. The summed E-state index contributed by atoms with van der Waals surface area (Å²) in [4.78, 5) is 0.